The number of benzene rings is 2. The fourth-order valence-electron chi connectivity index (χ4n) is 4.13. The molecule has 2 aromatic carbocycles. The minimum absolute atomic E-state index is 0. The standard InChI is InChI=1S/C24H30FN5O2.HI/c1-2-26-24(28-16-18-14-23(31)29-21-6-4-3-5-19(18)21)27-15-17-7-8-22(20(25)13-17)30-9-11-32-12-10-30;/h3-8,13,18H,2,9-12,14-16H2,1H3,(H,29,31)(H2,26,27,28);1H. The SMILES string of the molecule is CCNC(=NCc1ccc(N2CCOCC2)c(F)c1)NCC1CC(=O)Nc2ccccc21.I. The first kappa shape index (κ1) is 25.2. The summed E-state index contributed by atoms with van der Waals surface area (Å²) in [5.41, 5.74) is 3.41. The molecule has 0 bridgehead atoms. The van der Waals surface area contributed by atoms with Crippen LogP contribution >= 0.6 is 24.0 Å². The molecule has 33 heavy (non-hydrogen) atoms. The number of hydrogen-bond acceptors (Lipinski definition) is 4. The lowest BCUT2D eigenvalue weighted by Crippen LogP contribution is -2.40. The largest absolute Gasteiger partial charge is 0.378 e. The molecule has 2 aromatic rings. The van der Waals surface area contributed by atoms with Crippen LogP contribution in [0.2, 0.25) is 0 Å². The average molecular weight is 567 g/mol. The molecule has 0 aromatic heterocycles. The Morgan fingerprint density at radius 2 is 2.00 bits per heavy atom. The van der Waals surface area contributed by atoms with Crippen molar-refractivity contribution in [2.75, 3.05) is 49.6 Å². The number of anilines is 2. The van der Waals surface area contributed by atoms with Gasteiger partial charge in [-0.1, -0.05) is 24.3 Å². The maximum atomic E-state index is 14.7. The van der Waals surface area contributed by atoms with Crippen molar-refractivity contribution in [2.45, 2.75) is 25.8 Å². The summed E-state index contributed by atoms with van der Waals surface area (Å²) in [6, 6.07) is 13.2. The van der Waals surface area contributed by atoms with E-state index in [-0.39, 0.29) is 41.6 Å². The van der Waals surface area contributed by atoms with Gasteiger partial charge in [0.25, 0.3) is 0 Å². The van der Waals surface area contributed by atoms with Crippen LogP contribution < -0.4 is 20.9 Å². The summed E-state index contributed by atoms with van der Waals surface area (Å²) in [4.78, 5) is 18.7. The van der Waals surface area contributed by atoms with E-state index < -0.39 is 0 Å². The van der Waals surface area contributed by atoms with Gasteiger partial charge in [-0.3, -0.25) is 4.79 Å². The number of amides is 1. The number of nitrogens with one attached hydrogen (secondary N) is 3. The second kappa shape index (κ2) is 12.2. The van der Waals surface area contributed by atoms with E-state index >= 15 is 0 Å². The highest BCUT2D eigenvalue weighted by Crippen LogP contribution is 2.31. The van der Waals surface area contributed by atoms with Crippen molar-refractivity contribution in [3.05, 3.63) is 59.4 Å². The lowest BCUT2D eigenvalue weighted by atomic mass is 9.90. The lowest BCUT2D eigenvalue weighted by Gasteiger charge is -2.29. The van der Waals surface area contributed by atoms with Crippen molar-refractivity contribution in [3.8, 4) is 0 Å². The van der Waals surface area contributed by atoms with Crippen LogP contribution in [0.3, 0.4) is 0 Å². The number of fused-ring (bicyclic) bond motifs is 1. The van der Waals surface area contributed by atoms with Gasteiger partial charge < -0.3 is 25.6 Å². The minimum Gasteiger partial charge on any atom is -0.378 e. The third-order valence-electron chi connectivity index (χ3n) is 5.75. The molecule has 178 valence electrons. The number of halogens is 2. The van der Waals surface area contributed by atoms with Gasteiger partial charge in [0.05, 0.1) is 25.4 Å². The number of carbonyl (C=O) groups is 1. The first-order chi connectivity index (χ1) is 15.6. The summed E-state index contributed by atoms with van der Waals surface area (Å²) < 4.78 is 20.0. The molecule has 1 saturated heterocycles. The van der Waals surface area contributed by atoms with Gasteiger partial charge in [0.15, 0.2) is 5.96 Å². The zero-order valence-corrected chi connectivity index (χ0v) is 21.1. The highest BCUT2D eigenvalue weighted by atomic mass is 127. The zero-order valence-electron chi connectivity index (χ0n) is 18.8. The molecule has 4 rings (SSSR count). The third kappa shape index (κ3) is 6.57. The van der Waals surface area contributed by atoms with E-state index in [0.29, 0.717) is 64.0 Å². The monoisotopic (exact) mass is 567 g/mol. The smallest absolute Gasteiger partial charge is 0.225 e. The second-order valence-electron chi connectivity index (χ2n) is 8.00. The van der Waals surface area contributed by atoms with Crippen LogP contribution in [0.1, 0.15) is 30.4 Å². The molecular weight excluding hydrogens is 536 g/mol. The topological polar surface area (TPSA) is 78.0 Å². The molecule has 1 fully saturated rings. The van der Waals surface area contributed by atoms with E-state index in [1.165, 1.54) is 0 Å². The Bertz CT molecular complexity index is 981. The van der Waals surface area contributed by atoms with Gasteiger partial charge in [-0.25, -0.2) is 9.38 Å². The number of hydrogen-bond donors (Lipinski definition) is 3. The van der Waals surface area contributed by atoms with Crippen molar-refractivity contribution in [2.24, 2.45) is 4.99 Å². The van der Waals surface area contributed by atoms with Crippen molar-refractivity contribution in [1.29, 1.82) is 0 Å². The van der Waals surface area contributed by atoms with Gasteiger partial charge in [-0.15, -0.1) is 24.0 Å². The summed E-state index contributed by atoms with van der Waals surface area (Å²) in [6.45, 7) is 6.29. The van der Waals surface area contributed by atoms with Crippen LogP contribution in [0, 0.1) is 5.82 Å². The number of ether oxygens (including phenoxy) is 1. The van der Waals surface area contributed by atoms with Gasteiger partial charge >= 0.3 is 0 Å². The number of rotatable bonds is 6. The third-order valence-corrected chi connectivity index (χ3v) is 5.75. The fraction of sp³-hybridized carbons (Fsp3) is 0.417. The van der Waals surface area contributed by atoms with Crippen LogP contribution in [0.5, 0.6) is 0 Å². The molecule has 2 aliphatic heterocycles. The van der Waals surface area contributed by atoms with Crippen molar-refractivity contribution in [1.82, 2.24) is 10.6 Å². The van der Waals surface area contributed by atoms with E-state index in [4.69, 9.17) is 4.74 Å². The Morgan fingerprint density at radius 3 is 2.76 bits per heavy atom. The lowest BCUT2D eigenvalue weighted by molar-refractivity contribution is -0.116. The molecule has 9 heteroatoms. The predicted molar refractivity (Wildman–Crippen MR) is 140 cm³/mol. The normalized spacial score (nSPS) is 18.1. The van der Waals surface area contributed by atoms with E-state index in [1.54, 1.807) is 6.07 Å². The zero-order chi connectivity index (χ0) is 22.3. The molecule has 7 nitrogen and oxygen atoms in total. The van der Waals surface area contributed by atoms with Gasteiger partial charge in [0.1, 0.15) is 5.82 Å². The fourth-order valence-corrected chi connectivity index (χ4v) is 4.13. The molecule has 0 spiro atoms. The molecule has 0 saturated carbocycles. The highest BCUT2D eigenvalue weighted by Gasteiger charge is 2.24. The number of aliphatic imine (C=N–C) groups is 1. The first-order valence-corrected chi connectivity index (χ1v) is 11.2. The van der Waals surface area contributed by atoms with Gasteiger partial charge in [0.2, 0.25) is 5.91 Å². The number of para-hydroxylation sites is 1. The molecule has 0 aliphatic carbocycles. The molecule has 1 atom stereocenters. The Hall–Kier alpha value is -2.40. The Balaban J connectivity index is 0.00000306. The first-order valence-electron chi connectivity index (χ1n) is 11.2. The minimum atomic E-state index is -0.234. The molecule has 0 radical (unpaired) electrons. The summed E-state index contributed by atoms with van der Waals surface area (Å²) in [5, 5.41) is 9.49. The average Bonchev–Trinajstić information content (AvgIpc) is 2.81. The van der Waals surface area contributed by atoms with E-state index in [9.17, 15) is 9.18 Å². The quantitative estimate of drug-likeness (QED) is 0.283. The Kier molecular flexibility index (Phi) is 9.30. The van der Waals surface area contributed by atoms with E-state index in [0.717, 1.165) is 16.8 Å². The van der Waals surface area contributed by atoms with Gasteiger partial charge in [-0.05, 0) is 36.2 Å². The molecular formula is C24H31FIN5O2. The maximum absolute atomic E-state index is 14.7. The molecule has 1 amide bonds. The number of guanidine groups is 1. The van der Waals surface area contributed by atoms with E-state index in [1.807, 2.05) is 48.2 Å². The molecule has 2 heterocycles. The molecule has 2 aliphatic rings. The Morgan fingerprint density at radius 1 is 1.21 bits per heavy atom. The van der Waals surface area contributed by atoms with Crippen molar-refractivity contribution < 1.29 is 13.9 Å². The van der Waals surface area contributed by atoms with Crippen LogP contribution in [0.25, 0.3) is 0 Å². The summed E-state index contributed by atoms with van der Waals surface area (Å²) in [7, 11) is 0. The molecule has 1 unspecified atom stereocenters. The van der Waals surface area contributed by atoms with Crippen LogP contribution in [0.4, 0.5) is 15.8 Å². The van der Waals surface area contributed by atoms with Crippen LogP contribution in [-0.2, 0) is 16.1 Å². The summed E-state index contributed by atoms with van der Waals surface area (Å²) in [6.07, 6.45) is 0.428. The van der Waals surface area contributed by atoms with Gasteiger partial charge in [0, 0.05) is 44.2 Å². The van der Waals surface area contributed by atoms with Gasteiger partial charge in [-0.2, -0.15) is 0 Å². The number of nitrogens with zero attached hydrogens (tertiary/aromatic N) is 2. The second-order valence-corrected chi connectivity index (χ2v) is 8.00. The van der Waals surface area contributed by atoms with E-state index in [2.05, 4.69) is 20.9 Å². The van der Waals surface area contributed by atoms with Crippen molar-refractivity contribution >= 4 is 47.2 Å². The Labute approximate surface area is 211 Å². The number of morpholine rings is 1. The predicted octanol–water partition coefficient (Wildman–Crippen LogP) is 3.46. The summed E-state index contributed by atoms with van der Waals surface area (Å²) >= 11 is 0. The van der Waals surface area contributed by atoms with Crippen LogP contribution in [-0.4, -0.2) is 51.3 Å². The number of carbonyl (C=O) groups excluding carboxylic acids is 1. The highest BCUT2D eigenvalue weighted by molar-refractivity contribution is 14.0. The molecule has 3 N–H and O–H groups in total. The van der Waals surface area contributed by atoms with Crippen molar-refractivity contribution in [3.63, 3.8) is 0 Å². The summed E-state index contributed by atoms with van der Waals surface area (Å²) in [5.74, 6) is 0.498. The maximum Gasteiger partial charge on any atom is 0.225 e. The van der Waals surface area contributed by atoms with Crippen LogP contribution in [0.15, 0.2) is 47.5 Å².